The molecular weight excluding hydrogens is 304 g/mol. The lowest BCUT2D eigenvalue weighted by atomic mass is 10.2. The van der Waals surface area contributed by atoms with Gasteiger partial charge in [-0.15, -0.1) is 0 Å². The molecule has 0 saturated carbocycles. The van der Waals surface area contributed by atoms with Crippen molar-refractivity contribution in [3.8, 4) is 0 Å². The maximum Gasteiger partial charge on any atom is 0.224 e. The highest BCUT2D eigenvalue weighted by Crippen LogP contribution is 2.24. The van der Waals surface area contributed by atoms with Gasteiger partial charge in [-0.3, -0.25) is 0 Å². The highest BCUT2D eigenvalue weighted by atomic mass is 32.2. The lowest BCUT2D eigenvalue weighted by Crippen LogP contribution is -2.37. The maximum atomic E-state index is 11.7. The highest BCUT2D eigenvalue weighted by Gasteiger charge is 2.32. The molecule has 2 heterocycles. The molecule has 2 rings (SSSR count). The van der Waals surface area contributed by atoms with Crippen molar-refractivity contribution in [2.24, 2.45) is 0 Å². The first-order chi connectivity index (χ1) is 10.4. The fraction of sp³-hybridized carbons (Fsp3) is 0.714. The van der Waals surface area contributed by atoms with Crippen molar-refractivity contribution in [3.05, 3.63) is 11.8 Å². The number of methoxy groups -OCH3 is 1. The van der Waals surface area contributed by atoms with E-state index in [9.17, 15) is 8.42 Å². The third-order valence-corrected chi connectivity index (χ3v) is 5.46. The van der Waals surface area contributed by atoms with Crippen molar-refractivity contribution in [1.29, 1.82) is 0 Å². The molecular formula is C14H24N4O3S. The summed E-state index contributed by atoms with van der Waals surface area (Å²) in [6, 6.07) is 1.90. The summed E-state index contributed by atoms with van der Waals surface area (Å²) in [7, 11) is -1.27. The minimum Gasteiger partial charge on any atom is -0.383 e. The number of rotatable bonds is 7. The Hall–Kier alpha value is -1.41. The number of hydrogen-bond acceptors (Lipinski definition) is 7. The standard InChI is InChI=1S/C14H24N4O3S/c1-4-18(12-5-8-22(19,20)10-12)13-9-11(2)16-14(17-13)15-6-7-21-3/h9,12H,4-8,10H2,1-3H3,(H,15,16,17). The minimum absolute atomic E-state index is 0.00359. The minimum atomic E-state index is -2.91. The fourth-order valence-electron chi connectivity index (χ4n) is 2.67. The molecule has 1 aromatic rings. The number of nitrogens with one attached hydrogen (secondary N) is 1. The number of nitrogens with zero attached hydrogens (tertiary/aromatic N) is 3. The molecule has 1 aliphatic heterocycles. The molecule has 1 saturated heterocycles. The van der Waals surface area contributed by atoms with Crippen molar-refractivity contribution in [2.75, 3.05) is 48.5 Å². The van der Waals surface area contributed by atoms with Crippen LogP contribution in [0.5, 0.6) is 0 Å². The van der Waals surface area contributed by atoms with Crippen molar-refractivity contribution in [1.82, 2.24) is 9.97 Å². The van der Waals surface area contributed by atoms with Gasteiger partial charge in [-0.25, -0.2) is 13.4 Å². The van der Waals surface area contributed by atoms with Crippen LogP contribution in [0.4, 0.5) is 11.8 Å². The Labute approximate surface area is 132 Å². The molecule has 0 aliphatic carbocycles. The van der Waals surface area contributed by atoms with E-state index >= 15 is 0 Å². The van der Waals surface area contributed by atoms with Crippen molar-refractivity contribution < 1.29 is 13.2 Å². The van der Waals surface area contributed by atoms with Gasteiger partial charge in [0.05, 0.1) is 18.1 Å². The van der Waals surface area contributed by atoms with Gasteiger partial charge in [-0.1, -0.05) is 0 Å². The molecule has 1 N–H and O–H groups in total. The van der Waals surface area contributed by atoms with Crippen LogP contribution >= 0.6 is 0 Å². The predicted octanol–water partition coefficient (Wildman–Crippen LogP) is 0.857. The lowest BCUT2D eigenvalue weighted by molar-refractivity contribution is 0.210. The third kappa shape index (κ3) is 4.30. The zero-order valence-corrected chi connectivity index (χ0v) is 14.2. The molecule has 0 amide bonds. The van der Waals surface area contributed by atoms with Crippen molar-refractivity contribution in [2.45, 2.75) is 26.3 Å². The Morgan fingerprint density at radius 1 is 1.45 bits per heavy atom. The lowest BCUT2D eigenvalue weighted by Gasteiger charge is -2.28. The quantitative estimate of drug-likeness (QED) is 0.743. The highest BCUT2D eigenvalue weighted by molar-refractivity contribution is 7.91. The number of aromatic nitrogens is 2. The number of hydrogen-bond donors (Lipinski definition) is 1. The largest absolute Gasteiger partial charge is 0.383 e. The monoisotopic (exact) mass is 328 g/mol. The Balaban J connectivity index is 2.18. The second-order valence-electron chi connectivity index (χ2n) is 5.45. The first kappa shape index (κ1) is 17.0. The molecule has 1 aromatic heterocycles. The number of sulfone groups is 1. The molecule has 1 fully saturated rings. The smallest absolute Gasteiger partial charge is 0.224 e. The van der Waals surface area contributed by atoms with E-state index in [0.717, 1.165) is 11.5 Å². The van der Waals surface area contributed by atoms with Gasteiger partial charge in [0.2, 0.25) is 5.95 Å². The van der Waals surface area contributed by atoms with E-state index in [1.165, 1.54) is 0 Å². The molecule has 1 atom stereocenters. The van der Waals surface area contributed by atoms with Gasteiger partial charge in [0.25, 0.3) is 0 Å². The van der Waals surface area contributed by atoms with E-state index in [0.29, 0.717) is 32.1 Å². The molecule has 0 spiro atoms. The summed E-state index contributed by atoms with van der Waals surface area (Å²) in [6.07, 6.45) is 0.658. The first-order valence-corrected chi connectivity index (χ1v) is 9.33. The Morgan fingerprint density at radius 2 is 2.23 bits per heavy atom. The van der Waals surface area contributed by atoms with Crippen LogP contribution in [0.25, 0.3) is 0 Å². The maximum absolute atomic E-state index is 11.7. The van der Waals surface area contributed by atoms with Gasteiger partial charge in [0.15, 0.2) is 9.84 Å². The second kappa shape index (κ2) is 7.23. The summed E-state index contributed by atoms with van der Waals surface area (Å²) in [5, 5.41) is 3.12. The van der Waals surface area contributed by atoms with Crippen LogP contribution in [-0.2, 0) is 14.6 Å². The average molecular weight is 328 g/mol. The van der Waals surface area contributed by atoms with E-state index in [4.69, 9.17) is 4.74 Å². The van der Waals surface area contributed by atoms with Crippen LogP contribution in [0.2, 0.25) is 0 Å². The molecule has 7 nitrogen and oxygen atoms in total. The third-order valence-electron chi connectivity index (χ3n) is 3.71. The molecule has 22 heavy (non-hydrogen) atoms. The van der Waals surface area contributed by atoms with E-state index in [1.54, 1.807) is 7.11 Å². The van der Waals surface area contributed by atoms with Crippen LogP contribution in [0.3, 0.4) is 0 Å². The SMILES string of the molecule is CCN(c1cc(C)nc(NCCOC)n1)C1CCS(=O)(=O)C1. The van der Waals surface area contributed by atoms with E-state index in [1.807, 2.05) is 19.9 Å². The van der Waals surface area contributed by atoms with E-state index in [-0.39, 0.29) is 17.5 Å². The van der Waals surface area contributed by atoms with Crippen LogP contribution in [0.1, 0.15) is 19.0 Å². The second-order valence-corrected chi connectivity index (χ2v) is 7.68. The zero-order chi connectivity index (χ0) is 16.2. The van der Waals surface area contributed by atoms with Crippen molar-refractivity contribution in [3.63, 3.8) is 0 Å². The van der Waals surface area contributed by atoms with Crippen LogP contribution in [-0.4, -0.2) is 62.7 Å². The van der Waals surface area contributed by atoms with Gasteiger partial charge in [0.1, 0.15) is 5.82 Å². The molecule has 0 aromatic carbocycles. The molecule has 0 bridgehead atoms. The summed E-state index contributed by atoms with van der Waals surface area (Å²) in [4.78, 5) is 10.9. The molecule has 0 radical (unpaired) electrons. The van der Waals surface area contributed by atoms with Crippen LogP contribution in [0, 0.1) is 6.92 Å². The van der Waals surface area contributed by atoms with Gasteiger partial charge in [-0.2, -0.15) is 4.98 Å². The molecule has 8 heteroatoms. The van der Waals surface area contributed by atoms with Crippen LogP contribution < -0.4 is 10.2 Å². The summed E-state index contributed by atoms with van der Waals surface area (Å²) >= 11 is 0. The normalized spacial score (nSPS) is 20.0. The van der Waals surface area contributed by atoms with E-state index < -0.39 is 9.84 Å². The Morgan fingerprint density at radius 3 is 2.82 bits per heavy atom. The van der Waals surface area contributed by atoms with E-state index in [2.05, 4.69) is 20.2 Å². The first-order valence-electron chi connectivity index (χ1n) is 7.50. The Bertz CT molecular complexity index is 606. The fourth-order valence-corrected chi connectivity index (χ4v) is 4.40. The van der Waals surface area contributed by atoms with Gasteiger partial charge >= 0.3 is 0 Å². The molecule has 1 aliphatic rings. The summed E-state index contributed by atoms with van der Waals surface area (Å²) in [5.41, 5.74) is 0.851. The summed E-state index contributed by atoms with van der Waals surface area (Å²) < 4.78 is 28.4. The topological polar surface area (TPSA) is 84.4 Å². The summed E-state index contributed by atoms with van der Waals surface area (Å²) in [6.45, 7) is 5.84. The molecule has 1 unspecified atom stereocenters. The zero-order valence-electron chi connectivity index (χ0n) is 13.4. The Kier molecular flexibility index (Phi) is 5.57. The predicted molar refractivity (Wildman–Crippen MR) is 87.2 cm³/mol. The van der Waals surface area contributed by atoms with Crippen LogP contribution in [0.15, 0.2) is 6.07 Å². The van der Waals surface area contributed by atoms with Gasteiger partial charge in [0, 0.05) is 38.0 Å². The number of aryl methyl sites for hydroxylation is 1. The number of ether oxygens (including phenoxy) is 1. The summed E-state index contributed by atoms with van der Waals surface area (Å²) in [5.74, 6) is 1.79. The number of anilines is 2. The average Bonchev–Trinajstić information content (AvgIpc) is 2.79. The van der Waals surface area contributed by atoms with Gasteiger partial charge in [-0.05, 0) is 20.3 Å². The van der Waals surface area contributed by atoms with Crippen molar-refractivity contribution >= 4 is 21.6 Å². The van der Waals surface area contributed by atoms with Gasteiger partial charge < -0.3 is 15.0 Å². The molecule has 124 valence electrons.